The van der Waals surface area contributed by atoms with E-state index in [9.17, 15) is 0 Å². The van der Waals surface area contributed by atoms with Crippen molar-refractivity contribution in [2.45, 2.75) is 6.10 Å². The summed E-state index contributed by atoms with van der Waals surface area (Å²) in [4.78, 5) is 7.77. The smallest absolute Gasteiger partial charge is 0.222 e. The van der Waals surface area contributed by atoms with Gasteiger partial charge in [-0.3, -0.25) is 0 Å². The third kappa shape index (κ3) is 2.15. The van der Waals surface area contributed by atoms with Crippen molar-refractivity contribution in [1.82, 2.24) is 9.97 Å². The van der Waals surface area contributed by atoms with E-state index in [1.54, 1.807) is 0 Å². The summed E-state index contributed by atoms with van der Waals surface area (Å²) in [6.07, 6.45) is 1.22. The summed E-state index contributed by atoms with van der Waals surface area (Å²) in [6.45, 7) is 1.60. The van der Waals surface area contributed by atoms with Gasteiger partial charge in [-0.1, -0.05) is 11.6 Å². The second-order valence-electron chi connectivity index (χ2n) is 2.81. The molecule has 1 atom stereocenters. The van der Waals surface area contributed by atoms with E-state index < -0.39 is 0 Å². The standard InChI is InChI=1S/C8H8Cl2N2O2/c9-5-3-11-8(10)12-7(5)6-4-13-1-2-14-6/h3,6H,1-2,4H2. The first-order chi connectivity index (χ1) is 6.77. The van der Waals surface area contributed by atoms with Crippen molar-refractivity contribution < 1.29 is 9.47 Å². The lowest BCUT2D eigenvalue weighted by Crippen LogP contribution is -2.23. The first-order valence-electron chi connectivity index (χ1n) is 4.14. The summed E-state index contributed by atoms with van der Waals surface area (Å²) in [5.74, 6) is 0. The van der Waals surface area contributed by atoms with Gasteiger partial charge in [0.15, 0.2) is 0 Å². The van der Waals surface area contributed by atoms with Gasteiger partial charge in [-0.15, -0.1) is 0 Å². The van der Waals surface area contributed by atoms with Crippen molar-refractivity contribution in [3.63, 3.8) is 0 Å². The minimum Gasteiger partial charge on any atom is -0.376 e. The molecule has 1 aliphatic rings. The zero-order valence-corrected chi connectivity index (χ0v) is 8.75. The van der Waals surface area contributed by atoms with Crippen LogP contribution >= 0.6 is 23.2 Å². The van der Waals surface area contributed by atoms with E-state index in [1.807, 2.05) is 0 Å². The number of aromatic nitrogens is 2. The molecule has 2 heterocycles. The van der Waals surface area contributed by atoms with Crippen molar-refractivity contribution in [1.29, 1.82) is 0 Å². The molecule has 76 valence electrons. The quantitative estimate of drug-likeness (QED) is 0.697. The van der Waals surface area contributed by atoms with Crippen LogP contribution in [0, 0.1) is 0 Å². The normalized spacial score (nSPS) is 22.3. The Kier molecular flexibility index (Phi) is 3.18. The second-order valence-corrected chi connectivity index (χ2v) is 3.55. The summed E-state index contributed by atoms with van der Waals surface area (Å²) in [6, 6.07) is 0. The van der Waals surface area contributed by atoms with Gasteiger partial charge in [0.05, 0.1) is 36.7 Å². The Labute approximate surface area is 91.2 Å². The molecule has 0 amide bonds. The number of halogens is 2. The summed E-state index contributed by atoms with van der Waals surface area (Å²) >= 11 is 11.6. The molecular formula is C8H8Cl2N2O2. The van der Waals surface area contributed by atoms with Crippen LogP contribution in [0.1, 0.15) is 11.8 Å². The molecule has 1 aromatic rings. The summed E-state index contributed by atoms with van der Waals surface area (Å²) < 4.78 is 10.7. The fourth-order valence-electron chi connectivity index (χ4n) is 1.23. The fraction of sp³-hybridized carbons (Fsp3) is 0.500. The molecule has 1 saturated heterocycles. The molecule has 0 spiro atoms. The van der Waals surface area contributed by atoms with E-state index in [1.165, 1.54) is 6.20 Å². The highest BCUT2D eigenvalue weighted by Crippen LogP contribution is 2.25. The maximum Gasteiger partial charge on any atom is 0.222 e. The molecule has 0 saturated carbocycles. The van der Waals surface area contributed by atoms with Crippen molar-refractivity contribution in [3.8, 4) is 0 Å². The number of hydrogen-bond acceptors (Lipinski definition) is 4. The first kappa shape index (κ1) is 10.1. The van der Waals surface area contributed by atoms with Crippen LogP contribution in [0.25, 0.3) is 0 Å². The Morgan fingerprint density at radius 3 is 2.93 bits per heavy atom. The molecule has 0 bridgehead atoms. The van der Waals surface area contributed by atoms with E-state index >= 15 is 0 Å². The Morgan fingerprint density at radius 2 is 2.21 bits per heavy atom. The SMILES string of the molecule is Clc1ncc(Cl)c(C2COCCO2)n1. The van der Waals surface area contributed by atoms with Crippen LogP contribution in [0.3, 0.4) is 0 Å². The molecule has 2 rings (SSSR count). The van der Waals surface area contributed by atoms with Gasteiger partial charge in [-0.25, -0.2) is 9.97 Å². The van der Waals surface area contributed by atoms with Crippen LogP contribution in [-0.4, -0.2) is 29.8 Å². The van der Waals surface area contributed by atoms with E-state index in [0.717, 1.165) is 0 Å². The predicted molar refractivity (Wildman–Crippen MR) is 51.6 cm³/mol. The van der Waals surface area contributed by atoms with Crippen molar-refractivity contribution >= 4 is 23.2 Å². The number of rotatable bonds is 1. The average molecular weight is 235 g/mol. The van der Waals surface area contributed by atoms with Gasteiger partial charge >= 0.3 is 0 Å². The van der Waals surface area contributed by atoms with Gasteiger partial charge in [0, 0.05) is 0 Å². The lowest BCUT2D eigenvalue weighted by atomic mass is 10.2. The molecular weight excluding hydrogens is 227 g/mol. The zero-order chi connectivity index (χ0) is 9.97. The second kappa shape index (κ2) is 4.40. The van der Waals surface area contributed by atoms with Crippen molar-refractivity contribution in [3.05, 3.63) is 22.2 Å². The maximum atomic E-state index is 5.91. The highest BCUT2D eigenvalue weighted by molar-refractivity contribution is 6.32. The van der Waals surface area contributed by atoms with Crippen LogP contribution in [0.2, 0.25) is 10.3 Å². The first-order valence-corrected chi connectivity index (χ1v) is 4.90. The molecule has 1 aliphatic heterocycles. The molecule has 0 aliphatic carbocycles. The third-order valence-corrected chi connectivity index (χ3v) is 2.34. The van der Waals surface area contributed by atoms with Crippen LogP contribution in [0.4, 0.5) is 0 Å². The summed E-state index contributed by atoms with van der Waals surface area (Å²) in [5.41, 5.74) is 0.589. The molecule has 0 N–H and O–H groups in total. The minimum absolute atomic E-state index is 0.165. The molecule has 4 nitrogen and oxygen atoms in total. The molecule has 1 aromatic heterocycles. The van der Waals surface area contributed by atoms with E-state index in [4.69, 9.17) is 32.7 Å². The van der Waals surface area contributed by atoms with Gasteiger partial charge in [-0.2, -0.15) is 0 Å². The highest BCUT2D eigenvalue weighted by Gasteiger charge is 2.21. The Hall–Kier alpha value is -0.420. The molecule has 14 heavy (non-hydrogen) atoms. The van der Waals surface area contributed by atoms with Gasteiger partial charge < -0.3 is 9.47 Å². The van der Waals surface area contributed by atoms with Crippen LogP contribution < -0.4 is 0 Å². The molecule has 6 heteroatoms. The lowest BCUT2D eigenvalue weighted by Gasteiger charge is -2.22. The van der Waals surface area contributed by atoms with Gasteiger partial charge in [-0.05, 0) is 11.6 Å². The molecule has 1 fully saturated rings. The Bertz CT molecular complexity index is 329. The molecule has 0 radical (unpaired) electrons. The average Bonchev–Trinajstić information content (AvgIpc) is 2.23. The Balaban J connectivity index is 2.24. The Morgan fingerprint density at radius 1 is 1.36 bits per heavy atom. The maximum absolute atomic E-state index is 5.91. The third-order valence-electron chi connectivity index (χ3n) is 1.86. The van der Waals surface area contributed by atoms with E-state index in [0.29, 0.717) is 30.5 Å². The molecule has 0 aromatic carbocycles. The number of hydrogen-bond donors (Lipinski definition) is 0. The van der Waals surface area contributed by atoms with E-state index in [2.05, 4.69) is 9.97 Å². The lowest BCUT2D eigenvalue weighted by molar-refractivity contribution is -0.0917. The van der Waals surface area contributed by atoms with Crippen LogP contribution in [-0.2, 0) is 9.47 Å². The molecule has 1 unspecified atom stereocenters. The number of nitrogens with zero attached hydrogens (tertiary/aromatic N) is 2. The topological polar surface area (TPSA) is 44.2 Å². The van der Waals surface area contributed by atoms with E-state index in [-0.39, 0.29) is 11.4 Å². The van der Waals surface area contributed by atoms with Gasteiger partial charge in [0.2, 0.25) is 5.28 Å². The minimum atomic E-state index is -0.239. The van der Waals surface area contributed by atoms with Crippen LogP contribution in [0.5, 0.6) is 0 Å². The highest BCUT2D eigenvalue weighted by atomic mass is 35.5. The fourth-order valence-corrected chi connectivity index (χ4v) is 1.58. The summed E-state index contributed by atoms with van der Waals surface area (Å²) in [7, 11) is 0. The predicted octanol–water partition coefficient (Wildman–Crippen LogP) is 1.87. The zero-order valence-electron chi connectivity index (χ0n) is 7.24. The largest absolute Gasteiger partial charge is 0.376 e. The van der Waals surface area contributed by atoms with Gasteiger partial charge in [0.25, 0.3) is 0 Å². The van der Waals surface area contributed by atoms with Crippen molar-refractivity contribution in [2.75, 3.05) is 19.8 Å². The number of ether oxygens (including phenoxy) is 2. The van der Waals surface area contributed by atoms with Crippen LogP contribution in [0.15, 0.2) is 6.20 Å². The summed E-state index contributed by atoms with van der Waals surface area (Å²) in [5, 5.41) is 0.614. The van der Waals surface area contributed by atoms with Crippen molar-refractivity contribution in [2.24, 2.45) is 0 Å². The van der Waals surface area contributed by atoms with Gasteiger partial charge in [0.1, 0.15) is 6.10 Å². The monoisotopic (exact) mass is 234 g/mol.